The number of allylic oxidation sites excluding steroid dienone is 2. The molecule has 4 unspecified atom stereocenters. The number of hydrogen-bond donors (Lipinski definition) is 0. The minimum Gasteiger partial charge on any atom is -0.423 e. The zero-order valence-corrected chi connectivity index (χ0v) is 17.0. The molecular weight excluding hydrogens is 363 g/mol. The van der Waals surface area contributed by atoms with Crippen LogP contribution in [0.25, 0.3) is 0 Å². The Labute approximate surface area is 172 Å². The largest absolute Gasteiger partial charge is 0.423 e. The van der Waals surface area contributed by atoms with E-state index in [0.717, 1.165) is 17.8 Å². The van der Waals surface area contributed by atoms with Crippen molar-refractivity contribution in [3.63, 3.8) is 0 Å². The third kappa shape index (κ3) is 4.77. The van der Waals surface area contributed by atoms with Crippen LogP contribution in [0.1, 0.15) is 67.3 Å². The summed E-state index contributed by atoms with van der Waals surface area (Å²) >= 11 is 0. The molecule has 3 heteroatoms. The Balaban J connectivity index is 1.36. The van der Waals surface area contributed by atoms with Gasteiger partial charge < -0.3 is 4.74 Å². The lowest BCUT2D eigenvalue weighted by molar-refractivity contribution is 0.0734. The molecule has 2 aromatic carbocycles. The number of carbonyl (C=O) groups is 1. The molecule has 0 amide bonds. The molecule has 0 heterocycles. The van der Waals surface area contributed by atoms with Crippen molar-refractivity contribution in [3.8, 4) is 5.75 Å². The van der Waals surface area contributed by atoms with Crippen LogP contribution in [0.4, 0.5) is 4.39 Å². The topological polar surface area (TPSA) is 26.3 Å². The van der Waals surface area contributed by atoms with Crippen LogP contribution in [0, 0.1) is 23.6 Å². The van der Waals surface area contributed by atoms with Gasteiger partial charge in [-0.3, -0.25) is 0 Å². The van der Waals surface area contributed by atoms with Crippen LogP contribution in [0.15, 0.2) is 60.7 Å². The van der Waals surface area contributed by atoms with Gasteiger partial charge in [-0.2, -0.15) is 0 Å². The maximum absolute atomic E-state index is 13.0. The maximum atomic E-state index is 13.0. The first-order valence-corrected chi connectivity index (χ1v) is 10.8. The van der Waals surface area contributed by atoms with E-state index in [1.54, 1.807) is 0 Å². The minimum absolute atomic E-state index is 0.348. The third-order valence-corrected chi connectivity index (χ3v) is 6.76. The van der Waals surface area contributed by atoms with Gasteiger partial charge in [0.1, 0.15) is 11.6 Å². The molecule has 0 N–H and O–H groups in total. The number of esters is 1. The number of ether oxygens (including phenoxy) is 1. The lowest BCUT2D eigenvalue weighted by Crippen LogP contribution is -2.30. The molecular formula is C26H29FO2. The van der Waals surface area contributed by atoms with E-state index in [4.69, 9.17) is 4.74 Å². The Morgan fingerprint density at radius 1 is 0.931 bits per heavy atom. The molecule has 29 heavy (non-hydrogen) atoms. The summed E-state index contributed by atoms with van der Waals surface area (Å²) in [7, 11) is 0. The molecule has 152 valence electrons. The van der Waals surface area contributed by atoms with Crippen LogP contribution in [-0.2, 0) is 0 Å². The van der Waals surface area contributed by atoms with Crippen LogP contribution >= 0.6 is 0 Å². The zero-order valence-electron chi connectivity index (χ0n) is 17.0. The number of benzene rings is 2. The molecule has 4 rings (SSSR count). The van der Waals surface area contributed by atoms with Gasteiger partial charge in [-0.1, -0.05) is 24.3 Å². The predicted octanol–water partition coefficient (Wildman–Crippen LogP) is 6.92. The lowest BCUT2D eigenvalue weighted by Gasteiger charge is -2.41. The Kier molecular flexibility index (Phi) is 6.13. The minimum atomic E-state index is -0.408. The van der Waals surface area contributed by atoms with Crippen LogP contribution in [0.2, 0.25) is 0 Å². The molecule has 0 saturated heterocycles. The van der Waals surface area contributed by atoms with Crippen LogP contribution in [-0.4, -0.2) is 5.97 Å². The van der Waals surface area contributed by atoms with E-state index in [-0.39, 0.29) is 5.82 Å². The van der Waals surface area contributed by atoms with E-state index >= 15 is 0 Å². The molecule has 0 radical (unpaired) electrons. The van der Waals surface area contributed by atoms with E-state index in [9.17, 15) is 9.18 Å². The Morgan fingerprint density at radius 3 is 2.34 bits per heavy atom. The van der Waals surface area contributed by atoms with Crippen LogP contribution in [0.3, 0.4) is 0 Å². The molecule has 0 aromatic heterocycles. The van der Waals surface area contributed by atoms with Crippen molar-refractivity contribution in [2.75, 3.05) is 0 Å². The fourth-order valence-electron chi connectivity index (χ4n) is 5.24. The van der Waals surface area contributed by atoms with Crippen molar-refractivity contribution in [3.05, 3.63) is 77.6 Å². The molecule has 0 aliphatic heterocycles. The number of carbonyl (C=O) groups excluding carboxylic acids is 1. The molecule has 2 aliphatic rings. The van der Waals surface area contributed by atoms with E-state index in [2.05, 4.69) is 31.2 Å². The van der Waals surface area contributed by atoms with Gasteiger partial charge in [-0.25, -0.2) is 9.18 Å². The average Bonchev–Trinajstić information content (AvgIpc) is 2.75. The van der Waals surface area contributed by atoms with E-state index in [1.807, 2.05) is 12.1 Å². The fraction of sp³-hybridized carbons (Fsp3) is 0.423. The number of rotatable bonds is 4. The van der Waals surface area contributed by atoms with Gasteiger partial charge in [0.05, 0.1) is 5.56 Å². The lowest BCUT2D eigenvalue weighted by atomic mass is 9.64. The number of fused-ring (bicyclic) bond motifs is 1. The zero-order chi connectivity index (χ0) is 20.2. The highest BCUT2D eigenvalue weighted by molar-refractivity contribution is 5.91. The van der Waals surface area contributed by atoms with Crippen molar-refractivity contribution in [2.24, 2.45) is 17.8 Å². The van der Waals surface area contributed by atoms with Crippen molar-refractivity contribution in [1.82, 2.24) is 0 Å². The first-order valence-electron chi connectivity index (χ1n) is 10.8. The van der Waals surface area contributed by atoms with Crippen LogP contribution in [0.5, 0.6) is 5.75 Å². The normalized spacial score (nSPS) is 26.8. The smallest absolute Gasteiger partial charge is 0.343 e. The molecule has 2 saturated carbocycles. The molecule has 2 aromatic rings. The Hall–Kier alpha value is -2.42. The van der Waals surface area contributed by atoms with Gasteiger partial charge in [0.15, 0.2) is 0 Å². The van der Waals surface area contributed by atoms with Gasteiger partial charge in [0, 0.05) is 0 Å². The summed E-state index contributed by atoms with van der Waals surface area (Å²) in [5, 5.41) is 0. The first kappa shape index (κ1) is 19.9. The van der Waals surface area contributed by atoms with Crippen LogP contribution < -0.4 is 4.74 Å². The number of halogens is 1. The highest BCUT2D eigenvalue weighted by Crippen LogP contribution is 2.47. The van der Waals surface area contributed by atoms with E-state index < -0.39 is 5.97 Å². The monoisotopic (exact) mass is 392 g/mol. The molecule has 2 fully saturated rings. The summed E-state index contributed by atoms with van der Waals surface area (Å²) in [5.41, 5.74) is 1.86. The van der Waals surface area contributed by atoms with E-state index in [0.29, 0.717) is 17.2 Å². The highest BCUT2D eigenvalue weighted by Gasteiger charge is 2.35. The summed E-state index contributed by atoms with van der Waals surface area (Å²) in [6.45, 7) is 2.13. The van der Waals surface area contributed by atoms with Crippen molar-refractivity contribution >= 4 is 5.97 Å². The summed E-state index contributed by atoms with van der Waals surface area (Å²) in [6, 6.07) is 13.4. The van der Waals surface area contributed by atoms with Gasteiger partial charge in [0.2, 0.25) is 0 Å². The summed E-state index contributed by atoms with van der Waals surface area (Å²) in [5.74, 6) is 2.70. The standard InChI is InChI=1S/C26H29FO2/c1-2-3-18-4-5-23-17-22(11-10-21(23)16-18)19-6-8-20(9-7-19)26(28)29-25-14-12-24(27)13-15-25/h2-3,6-9,12-15,18,21-23H,4-5,10-11,16-17H2,1H3. The summed E-state index contributed by atoms with van der Waals surface area (Å²) in [6.07, 6.45) is 12.5. The molecule has 2 nitrogen and oxygen atoms in total. The molecule has 4 atom stereocenters. The second kappa shape index (κ2) is 8.94. The SMILES string of the molecule is CC=CC1CCC2CC(c3ccc(C(=O)Oc4ccc(F)cc4)cc3)CCC2C1. The maximum Gasteiger partial charge on any atom is 0.343 e. The van der Waals surface area contributed by atoms with Gasteiger partial charge >= 0.3 is 5.97 Å². The number of hydrogen-bond acceptors (Lipinski definition) is 2. The van der Waals surface area contributed by atoms with Gasteiger partial charge in [-0.05, 0) is 111 Å². The van der Waals surface area contributed by atoms with Gasteiger partial charge in [0.25, 0.3) is 0 Å². The second-order valence-electron chi connectivity index (χ2n) is 8.59. The Morgan fingerprint density at radius 2 is 1.62 bits per heavy atom. The summed E-state index contributed by atoms with van der Waals surface area (Å²) < 4.78 is 18.3. The molecule has 2 aliphatic carbocycles. The Bertz CT molecular complexity index is 853. The first-order chi connectivity index (χ1) is 14.1. The third-order valence-electron chi connectivity index (χ3n) is 6.76. The average molecular weight is 393 g/mol. The predicted molar refractivity (Wildman–Crippen MR) is 114 cm³/mol. The van der Waals surface area contributed by atoms with E-state index in [1.165, 1.54) is 68.4 Å². The van der Waals surface area contributed by atoms with Crippen molar-refractivity contribution in [2.45, 2.75) is 51.4 Å². The highest BCUT2D eigenvalue weighted by atomic mass is 19.1. The van der Waals surface area contributed by atoms with Gasteiger partial charge in [-0.15, -0.1) is 0 Å². The van der Waals surface area contributed by atoms with Crippen molar-refractivity contribution in [1.29, 1.82) is 0 Å². The molecule has 0 bridgehead atoms. The quantitative estimate of drug-likeness (QED) is 0.321. The summed E-state index contributed by atoms with van der Waals surface area (Å²) in [4.78, 5) is 12.3. The van der Waals surface area contributed by atoms with Crippen molar-refractivity contribution < 1.29 is 13.9 Å². The second-order valence-corrected chi connectivity index (χ2v) is 8.59. The molecule has 0 spiro atoms. The fourth-order valence-corrected chi connectivity index (χ4v) is 5.24.